The minimum Gasteiger partial charge on any atom is -0.344 e. The summed E-state index contributed by atoms with van der Waals surface area (Å²) in [5.74, 6) is -1.92. The molecule has 2 N–H and O–H groups in total. The van der Waals surface area contributed by atoms with Crippen molar-refractivity contribution in [1.29, 1.82) is 0 Å². The average molecular weight is 300 g/mol. The Labute approximate surface area is 128 Å². The van der Waals surface area contributed by atoms with Crippen molar-refractivity contribution in [3.05, 3.63) is 65.5 Å². The summed E-state index contributed by atoms with van der Waals surface area (Å²) in [6.07, 6.45) is 0.951. The zero-order valence-electron chi connectivity index (χ0n) is 12.2. The van der Waals surface area contributed by atoms with Gasteiger partial charge >= 0.3 is 11.8 Å². The Morgan fingerprint density at radius 1 is 0.909 bits per heavy atom. The highest BCUT2D eigenvalue weighted by molar-refractivity contribution is 6.39. The molecule has 2 amide bonds. The topological polar surface area (TPSA) is 58.2 Å². The highest BCUT2D eigenvalue weighted by Crippen LogP contribution is 2.08. The normalized spacial score (nSPS) is 10.1. The maximum Gasteiger partial charge on any atom is 0.313 e. The molecule has 0 aliphatic heterocycles. The Kier molecular flexibility index (Phi) is 5.25. The minimum absolute atomic E-state index is 0.277. The van der Waals surface area contributed by atoms with E-state index in [0.717, 1.165) is 12.0 Å². The molecule has 0 unspecified atom stereocenters. The standard InChI is InChI=1S/C17H17FN2O2/c1-2-12-3-5-13(6-4-12)11-19-16(21)17(22)20-15-9-7-14(18)8-10-15/h3-10H,2,11H2,1H3,(H,19,21)(H,20,22). The highest BCUT2D eigenvalue weighted by Gasteiger charge is 2.13. The van der Waals surface area contributed by atoms with Gasteiger partial charge in [-0.25, -0.2) is 4.39 Å². The van der Waals surface area contributed by atoms with Crippen molar-refractivity contribution in [2.75, 3.05) is 5.32 Å². The Morgan fingerprint density at radius 3 is 2.09 bits per heavy atom. The first-order valence-corrected chi connectivity index (χ1v) is 7.01. The number of nitrogens with one attached hydrogen (secondary N) is 2. The van der Waals surface area contributed by atoms with Gasteiger partial charge in [-0.1, -0.05) is 31.2 Å². The van der Waals surface area contributed by atoms with E-state index in [1.807, 2.05) is 24.3 Å². The van der Waals surface area contributed by atoms with Gasteiger partial charge in [0.25, 0.3) is 0 Å². The van der Waals surface area contributed by atoms with Crippen molar-refractivity contribution in [1.82, 2.24) is 5.32 Å². The van der Waals surface area contributed by atoms with Crippen LogP contribution >= 0.6 is 0 Å². The molecule has 0 fully saturated rings. The second-order valence-electron chi connectivity index (χ2n) is 4.81. The molecule has 0 heterocycles. The Hall–Kier alpha value is -2.69. The first-order valence-electron chi connectivity index (χ1n) is 7.01. The van der Waals surface area contributed by atoms with Crippen molar-refractivity contribution in [2.24, 2.45) is 0 Å². The van der Waals surface area contributed by atoms with E-state index < -0.39 is 17.6 Å². The second-order valence-corrected chi connectivity index (χ2v) is 4.81. The molecule has 0 bridgehead atoms. The number of anilines is 1. The van der Waals surface area contributed by atoms with Crippen molar-refractivity contribution < 1.29 is 14.0 Å². The minimum atomic E-state index is -0.781. The van der Waals surface area contributed by atoms with Crippen molar-refractivity contribution in [3.63, 3.8) is 0 Å². The third kappa shape index (κ3) is 4.41. The number of carbonyl (C=O) groups excluding carboxylic acids is 2. The van der Waals surface area contributed by atoms with Gasteiger partial charge in [0, 0.05) is 12.2 Å². The summed E-state index contributed by atoms with van der Waals surface area (Å²) >= 11 is 0. The van der Waals surface area contributed by atoms with Crippen LogP contribution in [0.25, 0.3) is 0 Å². The molecule has 0 aliphatic rings. The molecule has 4 nitrogen and oxygen atoms in total. The number of hydrogen-bond donors (Lipinski definition) is 2. The number of hydrogen-bond acceptors (Lipinski definition) is 2. The fraction of sp³-hybridized carbons (Fsp3) is 0.176. The third-order valence-electron chi connectivity index (χ3n) is 3.19. The molecule has 0 spiro atoms. The summed E-state index contributed by atoms with van der Waals surface area (Å²) in [4.78, 5) is 23.4. The lowest BCUT2D eigenvalue weighted by Crippen LogP contribution is -2.34. The van der Waals surface area contributed by atoms with E-state index in [9.17, 15) is 14.0 Å². The highest BCUT2D eigenvalue weighted by atomic mass is 19.1. The molecule has 0 saturated heterocycles. The molecule has 0 aliphatic carbocycles. The van der Waals surface area contributed by atoms with Crippen molar-refractivity contribution in [2.45, 2.75) is 19.9 Å². The maximum atomic E-state index is 12.8. The van der Waals surface area contributed by atoms with Crippen LogP contribution in [0.1, 0.15) is 18.1 Å². The number of benzene rings is 2. The van der Waals surface area contributed by atoms with Crippen LogP contribution in [0.2, 0.25) is 0 Å². The van der Waals surface area contributed by atoms with Crippen molar-refractivity contribution >= 4 is 17.5 Å². The van der Waals surface area contributed by atoms with Gasteiger partial charge in [0.05, 0.1) is 0 Å². The van der Waals surface area contributed by atoms with E-state index in [0.29, 0.717) is 5.69 Å². The van der Waals surface area contributed by atoms with Gasteiger partial charge in [0.2, 0.25) is 0 Å². The first-order chi connectivity index (χ1) is 10.6. The summed E-state index contributed by atoms with van der Waals surface area (Å²) < 4.78 is 12.8. The van der Waals surface area contributed by atoms with Crippen LogP contribution in [0, 0.1) is 5.82 Å². The largest absolute Gasteiger partial charge is 0.344 e. The molecule has 2 rings (SSSR count). The number of rotatable bonds is 4. The maximum absolute atomic E-state index is 12.8. The predicted molar refractivity (Wildman–Crippen MR) is 82.7 cm³/mol. The summed E-state index contributed by atoms with van der Waals surface area (Å²) in [7, 11) is 0. The quantitative estimate of drug-likeness (QED) is 0.853. The zero-order valence-corrected chi connectivity index (χ0v) is 12.2. The van der Waals surface area contributed by atoms with Gasteiger partial charge in [0.1, 0.15) is 5.82 Å². The molecule has 2 aromatic rings. The van der Waals surface area contributed by atoms with E-state index in [-0.39, 0.29) is 6.54 Å². The lowest BCUT2D eigenvalue weighted by molar-refractivity contribution is -0.136. The number of aryl methyl sites for hydroxylation is 1. The fourth-order valence-corrected chi connectivity index (χ4v) is 1.88. The zero-order chi connectivity index (χ0) is 15.9. The van der Waals surface area contributed by atoms with Gasteiger partial charge in [-0.15, -0.1) is 0 Å². The number of carbonyl (C=O) groups is 2. The van der Waals surface area contributed by atoms with Gasteiger partial charge in [-0.2, -0.15) is 0 Å². The summed E-state index contributed by atoms with van der Waals surface area (Å²) in [6.45, 7) is 2.34. The molecule has 0 atom stereocenters. The smallest absolute Gasteiger partial charge is 0.313 e. The molecular formula is C17H17FN2O2. The van der Waals surface area contributed by atoms with E-state index in [1.54, 1.807) is 0 Å². The monoisotopic (exact) mass is 300 g/mol. The van der Waals surface area contributed by atoms with Gasteiger partial charge in [-0.3, -0.25) is 9.59 Å². The SMILES string of the molecule is CCc1ccc(CNC(=O)C(=O)Nc2ccc(F)cc2)cc1. The summed E-state index contributed by atoms with van der Waals surface area (Å²) in [5, 5.41) is 4.95. The van der Waals surface area contributed by atoms with Crippen LogP contribution in [0.5, 0.6) is 0 Å². The first kappa shape index (κ1) is 15.7. The third-order valence-corrected chi connectivity index (χ3v) is 3.19. The predicted octanol–water partition coefficient (Wildman–Crippen LogP) is 2.64. The Morgan fingerprint density at radius 2 is 1.50 bits per heavy atom. The van der Waals surface area contributed by atoms with Crippen LogP contribution in [-0.4, -0.2) is 11.8 Å². The summed E-state index contributed by atoms with van der Waals surface area (Å²) in [6, 6.07) is 13.0. The Balaban J connectivity index is 1.85. The molecule has 0 aromatic heterocycles. The van der Waals surface area contributed by atoms with Gasteiger partial charge in [0.15, 0.2) is 0 Å². The number of amides is 2. The van der Waals surface area contributed by atoms with Gasteiger partial charge in [-0.05, 0) is 41.8 Å². The number of halogens is 1. The van der Waals surface area contributed by atoms with Gasteiger partial charge < -0.3 is 10.6 Å². The van der Waals surface area contributed by atoms with Crippen LogP contribution in [-0.2, 0) is 22.6 Å². The second kappa shape index (κ2) is 7.36. The molecule has 0 radical (unpaired) electrons. The molecule has 114 valence electrons. The van der Waals surface area contributed by atoms with E-state index in [1.165, 1.54) is 29.8 Å². The molecular weight excluding hydrogens is 283 g/mol. The van der Waals surface area contributed by atoms with Crippen LogP contribution in [0.4, 0.5) is 10.1 Å². The van der Waals surface area contributed by atoms with Crippen LogP contribution in [0.15, 0.2) is 48.5 Å². The van der Waals surface area contributed by atoms with E-state index in [2.05, 4.69) is 17.6 Å². The van der Waals surface area contributed by atoms with Crippen LogP contribution < -0.4 is 10.6 Å². The van der Waals surface area contributed by atoms with E-state index in [4.69, 9.17) is 0 Å². The molecule has 2 aromatic carbocycles. The van der Waals surface area contributed by atoms with Crippen LogP contribution in [0.3, 0.4) is 0 Å². The molecule has 22 heavy (non-hydrogen) atoms. The lowest BCUT2D eigenvalue weighted by Gasteiger charge is -2.07. The average Bonchev–Trinajstić information content (AvgIpc) is 2.55. The summed E-state index contributed by atoms with van der Waals surface area (Å²) in [5.41, 5.74) is 2.50. The lowest BCUT2D eigenvalue weighted by atomic mass is 10.1. The molecule has 5 heteroatoms. The Bertz CT molecular complexity index is 651. The molecule has 0 saturated carbocycles. The van der Waals surface area contributed by atoms with E-state index >= 15 is 0 Å². The van der Waals surface area contributed by atoms with Crippen molar-refractivity contribution in [3.8, 4) is 0 Å². The fourth-order valence-electron chi connectivity index (χ4n) is 1.88.